The summed E-state index contributed by atoms with van der Waals surface area (Å²) < 4.78 is 13.3. The van der Waals surface area contributed by atoms with Gasteiger partial charge in [-0.2, -0.15) is 0 Å². The van der Waals surface area contributed by atoms with Gasteiger partial charge in [0.2, 0.25) is 0 Å². The predicted molar refractivity (Wildman–Crippen MR) is 78.5 cm³/mol. The maximum atomic E-state index is 9.84. The Balaban J connectivity index is 1.78. The molecule has 1 atom stereocenters. The lowest BCUT2D eigenvalue weighted by molar-refractivity contribution is 0.189. The molecule has 0 aliphatic heterocycles. The average molecular weight is 288 g/mol. The third-order valence-electron chi connectivity index (χ3n) is 3.73. The molecule has 0 amide bonds. The van der Waals surface area contributed by atoms with Crippen LogP contribution < -0.4 is 9.47 Å². The summed E-state index contributed by atoms with van der Waals surface area (Å²) in [4.78, 5) is 4.20. The Bertz CT molecular complexity index is 618. The molecule has 1 fully saturated rings. The topological polar surface area (TPSA) is 56.5 Å². The maximum Gasteiger partial charge on any atom is 0.130 e. The minimum atomic E-state index is -0.584. The number of methoxy groups -OCH3 is 1. The quantitative estimate of drug-likeness (QED) is 0.888. The van der Waals surface area contributed by atoms with E-state index >= 15 is 0 Å². The number of hydrogen-bond donors (Lipinski definition) is 1. The molecule has 0 radical (unpaired) electrons. The maximum absolute atomic E-state index is 9.84. The van der Waals surface area contributed by atoms with Crippen LogP contribution in [0.25, 0.3) is 0 Å². The molecule has 0 bridgehead atoms. The molecule has 21 heavy (non-hydrogen) atoms. The molecule has 3 rings (SSSR count). The summed E-state index contributed by atoms with van der Waals surface area (Å²) >= 11 is 0. The van der Waals surface area contributed by atoms with E-state index in [1.54, 1.807) is 20.1 Å². The number of aliphatic hydroxyl groups excluding tert-OH is 1. The first-order valence-electron chi connectivity index (χ1n) is 7.18. The van der Waals surface area contributed by atoms with E-state index in [9.17, 15) is 5.11 Å². The number of imidazole rings is 1. The van der Waals surface area contributed by atoms with Crippen LogP contribution >= 0.6 is 0 Å². The highest BCUT2D eigenvalue weighted by Crippen LogP contribution is 2.36. The van der Waals surface area contributed by atoms with Gasteiger partial charge in [-0.1, -0.05) is 0 Å². The van der Waals surface area contributed by atoms with Gasteiger partial charge in [-0.25, -0.2) is 4.98 Å². The van der Waals surface area contributed by atoms with Gasteiger partial charge in [0.25, 0.3) is 0 Å². The van der Waals surface area contributed by atoms with Crippen LogP contribution in [0.2, 0.25) is 0 Å². The van der Waals surface area contributed by atoms with E-state index < -0.39 is 6.10 Å². The molecule has 5 nitrogen and oxygen atoms in total. The number of benzene rings is 1. The van der Waals surface area contributed by atoms with Crippen molar-refractivity contribution in [2.75, 3.05) is 7.11 Å². The highest BCUT2D eigenvalue weighted by molar-refractivity contribution is 5.41. The second-order valence-corrected chi connectivity index (χ2v) is 5.39. The normalized spacial score (nSPS) is 15.8. The van der Waals surface area contributed by atoms with Crippen molar-refractivity contribution < 1.29 is 14.6 Å². The predicted octanol–water partition coefficient (Wildman–Crippen LogP) is 2.86. The zero-order chi connectivity index (χ0) is 14.8. The van der Waals surface area contributed by atoms with Crippen LogP contribution in [0.3, 0.4) is 0 Å². The summed E-state index contributed by atoms with van der Waals surface area (Å²) in [6.07, 6.45) is 5.53. The number of aromatic nitrogens is 2. The average Bonchev–Trinajstić information content (AvgIpc) is 3.23. The molecule has 1 N–H and O–H groups in total. The second kappa shape index (κ2) is 5.77. The van der Waals surface area contributed by atoms with Gasteiger partial charge in [0.15, 0.2) is 0 Å². The highest BCUT2D eigenvalue weighted by atomic mass is 16.5. The Labute approximate surface area is 124 Å². The number of rotatable bonds is 6. The van der Waals surface area contributed by atoms with Gasteiger partial charge in [0, 0.05) is 17.7 Å². The molecule has 1 heterocycles. The van der Waals surface area contributed by atoms with E-state index in [4.69, 9.17) is 9.47 Å². The molecule has 112 valence electrons. The lowest BCUT2D eigenvalue weighted by Crippen LogP contribution is -2.06. The molecule has 1 aromatic carbocycles. The van der Waals surface area contributed by atoms with Gasteiger partial charge >= 0.3 is 0 Å². The van der Waals surface area contributed by atoms with Crippen LogP contribution in [0.15, 0.2) is 30.7 Å². The lowest BCUT2D eigenvalue weighted by Gasteiger charge is -2.15. The molecule has 1 aliphatic rings. The summed E-state index contributed by atoms with van der Waals surface area (Å²) in [5.74, 6) is 1.36. The van der Waals surface area contributed by atoms with Crippen molar-refractivity contribution in [3.8, 4) is 11.5 Å². The third-order valence-corrected chi connectivity index (χ3v) is 3.73. The van der Waals surface area contributed by atoms with Gasteiger partial charge in [-0.15, -0.1) is 0 Å². The van der Waals surface area contributed by atoms with Crippen LogP contribution in [-0.4, -0.2) is 21.8 Å². The van der Waals surface area contributed by atoms with Crippen molar-refractivity contribution >= 4 is 0 Å². The van der Waals surface area contributed by atoms with Crippen LogP contribution in [0.5, 0.6) is 11.5 Å². The molecule has 2 aromatic rings. The zero-order valence-electron chi connectivity index (χ0n) is 12.3. The molecule has 1 aliphatic carbocycles. The van der Waals surface area contributed by atoms with Gasteiger partial charge in [0.05, 0.1) is 31.4 Å². The van der Waals surface area contributed by atoms with Crippen LogP contribution in [0.4, 0.5) is 0 Å². The van der Waals surface area contributed by atoms with E-state index in [0.717, 1.165) is 11.3 Å². The van der Waals surface area contributed by atoms with Gasteiger partial charge < -0.3 is 19.1 Å². The number of ether oxygens (including phenoxy) is 2. The Morgan fingerprint density at radius 1 is 1.43 bits per heavy atom. The Hall–Kier alpha value is -2.01. The molecule has 0 unspecified atom stereocenters. The molecule has 1 aromatic heterocycles. The number of hydrogen-bond acceptors (Lipinski definition) is 4. The third kappa shape index (κ3) is 3.03. The summed E-state index contributed by atoms with van der Waals surface area (Å²) in [6.45, 7) is 2.16. The highest BCUT2D eigenvalue weighted by Gasteiger charge is 2.25. The lowest BCUT2D eigenvalue weighted by atomic mass is 10.1. The van der Waals surface area contributed by atoms with E-state index in [1.165, 1.54) is 12.8 Å². The standard InChI is InChI=1S/C16H20N2O3/c1-11(19)15-6-5-14(20-2)7-16(15)21-9-13-8-17-10-18(13)12-3-4-12/h5-8,10-12,19H,3-4,9H2,1-2H3/t11-/m1/s1. The minimum absolute atomic E-state index is 0.434. The first-order chi connectivity index (χ1) is 10.2. The Morgan fingerprint density at radius 3 is 2.90 bits per heavy atom. The van der Waals surface area contributed by atoms with Gasteiger partial charge in [0.1, 0.15) is 18.1 Å². The van der Waals surface area contributed by atoms with Gasteiger partial charge in [-0.05, 0) is 31.9 Å². The molecule has 0 saturated heterocycles. The summed E-state index contributed by atoms with van der Waals surface area (Å²) in [5, 5.41) is 9.84. The largest absolute Gasteiger partial charge is 0.497 e. The van der Waals surface area contributed by atoms with E-state index in [1.807, 2.05) is 24.7 Å². The van der Waals surface area contributed by atoms with E-state index in [-0.39, 0.29) is 0 Å². The van der Waals surface area contributed by atoms with Crippen molar-refractivity contribution in [2.24, 2.45) is 0 Å². The van der Waals surface area contributed by atoms with Crippen molar-refractivity contribution in [2.45, 2.75) is 38.5 Å². The molecule has 1 saturated carbocycles. The fourth-order valence-corrected chi connectivity index (χ4v) is 2.39. The zero-order valence-corrected chi connectivity index (χ0v) is 12.3. The Kier molecular flexibility index (Phi) is 3.84. The monoisotopic (exact) mass is 288 g/mol. The summed E-state index contributed by atoms with van der Waals surface area (Å²) in [5.41, 5.74) is 1.81. The smallest absolute Gasteiger partial charge is 0.130 e. The SMILES string of the molecule is COc1ccc([C@@H](C)O)c(OCc2cncn2C2CC2)c1. The van der Waals surface area contributed by atoms with Gasteiger partial charge in [-0.3, -0.25) is 0 Å². The first kappa shape index (κ1) is 13.9. The van der Waals surface area contributed by atoms with Crippen LogP contribution in [0, 0.1) is 0 Å². The number of aliphatic hydroxyl groups is 1. The summed E-state index contributed by atoms with van der Waals surface area (Å²) in [7, 11) is 1.61. The van der Waals surface area contributed by atoms with E-state index in [0.29, 0.717) is 24.1 Å². The molecule has 0 spiro atoms. The van der Waals surface area contributed by atoms with E-state index in [2.05, 4.69) is 9.55 Å². The van der Waals surface area contributed by atoms with Crippen LogP contribution in [0.1, 0.15) is 43.2 Å². The fraction of sp³-hybridized carbons (Fsp3) is 0.438. The van der Waals surface area contributed by atoms with Crippen molar-refractivity contribution in [3.05, 3.63) is 42.0 Å². The van der Waals surface area contributed by atoms with Crippen molar-refractivity contribution in [3.63, 3.8) is 0 Å². The molecule has 5 heteroatoms. The van der Waals surface area contributed by atoms with Crippen LogP contribution in [-0.2, 0) is 6.61 Å². The Morgan fingerprint density at radius 2 is 2.24 bits per heavy atom. The first-order valence-corrected chi connectivity index (χ1v) is 7.18. The van der Waals surface area contributed by atoms with Crippen molar-refractivity contribution in [1.82, 2.24) is 9.55 Å². The number of nitrogens with zero attached hydrogens (tertiary/aromatic N) is 2. The fourth-order valence-electron chi connectivity index (χ4n) is 2.39. The molecular formula is C16H20N2O3. The van der Waals surface area contributed by atoms with Crippen molar-refractivity contribution in [1.29, 1.82) is 0 Å². The second-order valence-electron chi connectivity index (χ2n) is 5.39. The summed E-state index contributed by atoms with van der Waals surface area (Å²) in [6, 6.07) is 6.04. The molecular weight excluding hydrogens is 268 g/mol. The minimum Gasteiger partial charge on any atom is -0.497 e.